The van der Waals surface area contributed by atoms with E-state index in [4.69, 9.17) is 4.43 Å². The van der Waals surface area contributed by atoms with Crippen LogP contribution >= 0.6 is 0 Å². The Bertz CT molecular complexity index is 452. The lowest BCUT2D eigenvalue weighted by atomic mass is 10.0. The van der Waals surface area contributed by atoms with Gasteiger partial charge < -0.3 is 14.6 Å². The van der Waals surface area contributed by atoms with Crippen molar-refractivity contribution in [2.75, 3.05) is 0 Å². The van der Waals surface area contributed by atoms with Gasteiger partial charge >= 0.3 is 0 Å². The monoisotopic (exact) mass is 310 g/mol. The molecule has 0 aliphatic heterocycles. The van der Waals surface area contributed by atoms with Crippen LogP contribution in [0.5, 0.6) is 5.75 Å². The van der Waals surface area contributed by atoms with Gasteiger partial charge in [-0.2, -0.15) is 0 Å². The maximum Gasteiger partial charge on any atom is 0.250 e. The molecule has 0 spiro atoms. The number of aliphatic hydroxyl groups is 2. The van der Waals surface area contributed by atoms with Gasteiger partial charge in [0, 0.05) is 6.42 Å². The van der Waals surface area contributed by atoms with Crippen LogP contribution in [0.2, 0.25) is 18.1 Å². The second-order valence-corrected chi connectivity index (χ2v) is 12.0. The highest BCUT2D eigenvalue weighted by molar-refractivity contribution is 6.74. The third-order valence-electron chi connectivity index (χ3n) is 4.38. The van der Waals surface area contributed by atoms with E-state index in [0.717, 1.165) is 11.3 Å². The summed E-state index contributed by atoms with van der Waals surface area (Å²) in [5.41, 5.74) is 0.992. The average molecular weight is 311 g/mol. The largest absolute Gasteiger partial charge is 0.543 e. The van der Waals surface area contributed by atoms with Gasteiger partial charge in [0.05, 0.1) is 12.2 Å². The predicted octanol–water partition coefficient (Wildman–Crippen LogP) is 3.74. The smallest absolute Gasteiger partial charge is 0.250 e. The Labute approximate surface area is 130 Å². The lowest BCUT2D eigenvalue weighted by molar-refractivity contribution is 0.0181. The number of hydrogen-bond acceptors (Lipinski definition) is 3. The zero-order valence-electron chi connectivity index (χ0n) is 14.2. The van der Waals surface area contributed by atoms with Crippen LogP contribution in [0.1, 0.15) is 39.7 Å². The van der Waals surface area contributed by atoms with Gasteiger partial charge in [-0.3, -0.25) is 0 Å². The van der Waals surface area contributed by atoms with Gasteiger partial charge in [0.1, 0.15) is 5.75 Å². The first-order valence-electron chi connectivity index (χ1n) is 7.71. The molecule has 1 rings (SSSR count). The van der Waals surface area contributed by atoms with Gasteiger partial charge in [0.25, 0.3) is 0 Å². The topological polar surface area (TPSA) is 49.7 Å². The molecule has 0 fully saturated rings. The fraction of sp³-hybridized carbons (Fsp3) is 0.647. The van der Waals surface area contributed by atoms with Gasteiger partial charge in [-0.05, 0) is 42.2 Å². The zero-order valence-corrected chi connectivity index (χ0v) is 15.2. The molecule has 3 nitrogen and oxygen atoms in total. The van der Waals surface area contributed by atoms with Gasteiger partial charge in [-0.25, -0.2) is 0 Å². The zero-order chi connectivity index (χ0) is 16.3. The van der Waals surface area contributed by atoms with Crippen LogP contribution in [-0.4, -0.2) is 30.7 Å². The van der Waals surface area contributed by atoms with Crippen molar-refractivity contribution in [2.24, 2.45) is 0 Å². The molecular weight excluding hydrogens is 280 g/mol. The molecule has 0 amide bonds. The van der Waals surface area contributed by atoms with Crippen molar-refractivity contribution in [1.29, 1.82) is 0 Å². The molecule has 0 aromatic heterocycles. The molecule has 0 bridgehead atoms. The molecule has 0 aliphatic carbocycles. The first-order valence-corrected chi connectivity index (χ1v) is 10.6. The summed E-state index contributed by atoms with van der Waals surface area (Å²) in [5.74, 6) is 0.859. The predicted molar refractivity (Wildman–Crippen MR) is 90.3 cm³/mol. The van der Waals surface area contributed by atoms with E-state index in [1.165, 1.54) is 0 Å². The molecule has 0 saturated carbocycles. The highest BCUT2D eigenvalue weighted by Crippen LogP contribution is 2.37. The van der Waals surface area contributed by atoms with E-state index in [1.54, 1.807) is 0 Å². The van der Waals surface area contributed by atoms with E-state index in [1.807, 2.05) is 31.2 Å². The summed E-state index contributed by atoms with van der Waals surface area (Å²) in [4.78, 5) is 0. The van der Waals surface area contributed by atoms with Crippen LogP contribution in [0.25, 0.3) is 0 Å². The summed E-state index contributed by atoms with van der Waals surface area (Å²) in [7, 11) is -1.85. The quantitative estimate of drug-likeness (QED) is 0.787. The second kappa shape index (κ2) is 6.94. The summed E-state index contributed by atoms with van der Waals surface area (Å²) in [6, 6.07) is 7.85. The minimum absolute atomic E-state index is 0.154. The number of rotatable bonds is 6. The van der Waals surface area contributed by atoms with Crippen molar-refractivity contribution in [1.82, 2.24) is 0 Å². The summed E-state index contributed by atoms with van der Waals surface area (Å²) in [6.45, 7) is 12.9. The van der Waals surface area contributed by atoms with E-state index in [2.05, 4.69) is 33.9 Å². The summed E-state index contributed by atoms with van der Waals surface area (Å²) in [6.07, 6.45) is -0.390. The molecule has 2 N–H and O–H groups in total. The molecule has 0 radical (unpaired) electrons. The maximum atomic E-state index is 9.94. The Morgan fingerprint density at radius 3 is 2.29 bits per heavy atom. The van der Waals surface area contributed by atoms with Crippen molar-refractivity contribution >= 4 is 8.32 Å². The number of hydrogen-bond donors (Lipinski definition) is 2. The van der Waals surface area contributed by atoms with Crippen LogP contribution in [0, 0.1) is 0 Å². The first kappa shape index (κ1) is 18.2. The molecule has 2 atom stereocenters. The van der Waals surface area contributed by atoms with Gasteiger partial charge in [0.2, 0.25) is 8.32 Å². The molecule has 1 aromatic rings. The third kappa shape index (κ3) is 5.13. The van der Waals surface area contributed by atoms with Crippen molar-refractivity contribution in [3.63, 3.8) is 0 Å². The highest BCUT2D eigenvalue weighted by Gasteiger charge is 2.38. The fourth-order valence-corrected chi connectivity index (χ4v) is 2.86. The van der Waals surface area contributed by atoms with E-state index in [0.29, 0.717) is 12.8 Å². The minimum atomic E-state index is -1.85. The molecule has 0 saturated heterocycles. The Morgan fingerprint density at radius 1 is 1.14 bits per heavy atom. The Balaban J connectivity index is 2.82. The van der Waals surface area contributed by atoms with Crippen LogP contribution in [0.4, 0.5) is 0 Å². The van der Waals surface area contributed by atoms with Crippen LogP contribution < -0.4 is 4.43 Å². The van der Waals surface area contributed by atoms with Crippen LogP contribution in [-0.2, 0) is 6.42 Å². The highest BCUT2D eigenvalue weighted by atomic mass is 28.4. The summed E-state index contributed by atoms with van der Waals surface area (Å²) < 4.78 is 6.27. The Kier molecular flexibility index (Phi) is 6.02. The van der Waals surface area contributed by atoms with E-state index in [9.17, 15) is 10.2 Å². The molecule has 21 heavy (non-hydrogen) atoms. The number of benzene rings is 1. The SMILES string of the molecule is CC[C@@H](O)[C@H](O)Cc1cccc(O[Si](C)(C)C(C)(C)C)c1. The van der Waals surface area contributed by atoms with Crippen LogP contribution in [0.3, 0.4) is 0 Å². The first-order chi connectivity index (χ1) is 9.56. The molecule has 4 heteroatoms. The lowest BCUT2D eigenvalue weighted by Crippen LogP contribution is -2.43. The molecule has 1 aromatic carbocycles. The summed E-state index contributed by atoms with van der Waals surface area (Å²) in [5, 5.41) is 19.8. The van der Waals surface area contributed by atoms with Gasteiger partial charge in [-0.1, -0.05) is 39.8 Å². The van der Waals surface area contributed by atoms with Crippen molar-refractivity contribution in [2.45, 2.75) is 70.9 Å². The van der Waals surface area contributed by atoms with E-state index < -0.39 is 20.5 Å². The Hall–Kier alpha value is -0.843. The standard InChI is InChI=1S/C17H30O3Si/c1-7-15(18)16(19)12-13-9-8-10-14(11-13)20-21(5,6)17(2,3)4/h8-11,15-16,18-19H,7,12H2,1-6H3/t15-,16-/m1/s1. The molecular formula is C17H30O3Si. The molecule has 0 heterocycles. The average Bonchev–Trinajstić information content (AvgIpc) is 2.36. The van der Waals surface area contributed by atoms with Gasteiger partial charge in [0.15, 0.2) is 0 Å². The molecule has 0 aliphatic rings. The third-order valence-corrected chi connectivity index (χ3v) is 8.74. The molecule has 0 unspecified atom stereocenters. The summed E-state index contributed by atoms with van der Waals surface area (Å²) >= 11 is 0. The fourth-order valence-electron chi connectivity index (χ4n) is 1.83. The lowest BCUT2D eigenvalue weighted by Gasteiger charge is -2.36. The minimum Gasteiger partial charge on any atom is -0.543 e. The van der Waals surface area contributed by atoms with Crippen molar-refractivity contribution < 1.29 is 14.6 Å². The van der Waals surface area contributed by atoms with Crippen molar-refractivity contribution in [3.8, 4) is 5.75 Å². The van der Waals surface area contributed by atoms with Crippen molar-refractivity contribution in [3.05, 3.63) is 29.8 Å². The number of aliphatic hydroxyl groups excluding tert-OH is 2. The van der Waals surface area contributed by atoms with E-state index >= 15 is 0 Å². The van der Waals surface area contributed by atoms with Crippen LogP contribution in [0.15, 0.2) is 24.3 Å². The molecule has 120 valence electrons. The van der Waals surface area contributed by atoms with E-state index in [-0.39, 0.29) is 5.04 Å². The Morgan fingerprint density at radius 2 is 1.76 bits per heavy atom. The second-order valence-electron chi connectivity index (χ2n) is 7.26. The normalized spacial score (nSPS) is 15.6. The maximum absolute atomic E-state index is 9.94. The van der Waals surface area contributed by atoms with Gasteiger partial charge in [-0.15, -0.1) is 0 Å².